The molecule has 88 valence electrons. The number of primary sulfonamides is 1. The van der Waals surface area contributed by atoms with Crippen LogP contribution >= 0.6 is 0 Å². The highest BCUT2D eigenvalue weighted by molar-refractivity contribution is 7.89. The zero-order chi connectivity index (χ0) is 11.5. The summed E-state index contributed by atoms with van der Waals surface area (Å²) in [5.41, 5.74) is 0. The molecular formula is C8H16N2O4S. The van der Waals surface area contributed by atoms with Gasteiger partial charge in [0.15, 0.2) is 0 Å². The molecule has 0 aliphatic heterocycles. The molecule has 0 unspecified atom stereocenters. The van der Waals surface area contributed by atoms with Crippen LogP contribution < -0.4 is 10.5 Å². The third-order valence-corrected chi connectivity index (χ3v) is 4.20. The minimum absolute atomic E-state index is 0.235. The van der Waals surface area contributed by atoms with Crippen molar-refractivity contribution in [1.82, 2.24) is 5.32 Å². The summed E-state index contributed by atoms with van der Waals surface area (Å²) in [6.07, 6.45) is 1.45. The molecule has 0 radical (unpaired) electrons. The summed E-state index contributed by atoms with van der Waals surface area (Å²) in [4.78, 5) is 10.2. The third-order valence-electron chi connectivity index (χ3n) is 2.80. The van der Waals surface area contributed by atoms with Gasteiger partial charge in [0.25, 0.3) is 0 Å². The Labute approximate surface area is 88.9 Å². The number of sulfonamides is 1. The van der Waals surface area contributed by atoms with Crippen molar-refractivity contribution in [3.05, 3.63) is 0 Å². The third kappa shape index (κ3) is 4.05. The van der Waals surface area contributed by atoms with Gasteiger partial charge >= 0.3 is 6.09 Å². The van der Waals surface area contributed by atoms with Crippen molar-refractivity contribution in [1.29, 1.82) is 0 Å². The number of rotatable bonds is 3. The lowest BCUT2D eigenvalue weighted by molar-refractivity contribution is 0.190. The zero-order valence-electron chi connectivity index (χ0n) is 8.35. The fourth-order valence-electron chi connectivity index (χ4n) is 1.90. The first-order chi connectivity index (χ1) is 6.89. The molecule has 0 spiro atoms. The van der Waals surface area contributed by atoms with E-state index in [1.807, 2.05) is 0 Å². The van der Waals surface area contributed by atoms with Crippen molar-refractivity contribution in [3.63, 3.8) is 0 Å². The summed E-state index contributed by atoms with van der Waals surface area (Å²) >= 11 is 0. The fourth-order valence-corrected chi connectivity index (χ4v) is 2.83. The number of carbonyl (C=O) groups is 1. The molecule has 7 heteroatoms. The second-order valence-electron chi connectivity index (χ2n) is 3.92. The fraction of sp³-hybridized carbons (Fsp3) is 0.875. The first kappa shape index (κ1) is 12.3. The van der Waals surface area contributed by atoms with Crippen LogP contribution in [0.2, 0.25) is 0 Å². The van der Waals surface area contributed by atoms with E-state index in [-0.39, 0.29) is 5.92 Å². The summed E-state index contributed by atoms with van der Waals surface area (Å²) in [6, 6.07) is 0. The maximum absolute atomic E-state index is 11.0. The van der Waals surface area contributed by atoms with Crippen molar-refractivity contribution in [3.8, 4) is 0 Å². The highest BCUT2D eigenvalue weighted by Crippen LogP contribution is 2.26. The highest BCUT2D eigenvalue weighted by atomic mass is 32.2. The predicted molar refractivity (Wildman–Crippen MR) is 54.9 cm³/mol. The number of hydrogen-bond donors (Lipinski definition) is 3. The van der Waals surface area contributed by atoms with Gasteiger partial charge < -0.3 is 10.4 Å². The number of nitrogens with one attached hydrogen (secondary N) is 1. The van der Waals surface area contributed by atoms with Gasteiger partial charge in [-0.3, -0.25) is 0 Å². The minimum Gasteiger partial charge on any atom is -0.465 e. The Bertz CT molecular complexity index is 320. The van der Waals surface area contributed by atoms with Gasteiger partial charge in [0.2, 0.25) is 10.0 Å². The molecule has 1 fully saturated rings. The number of carboxylic acid groups (broad SMARTS) is 1. The second kappa shape index (κ2) is 4.80. The largest absolute Gasteiger partial charge is 0.465 e. The molecule has 1 rings (SSSR count). The molecule has 0 heterocycles. The van der Waals surface area contributed by atoms with E-state index in [2.05, 4.69) is 5.32 Å². The van der Waals surface area contributed by atoms with E-state index in [4.69, 9.17) is 10.2 Å². The van der Waals surface area contributed by atoms with E-state index in [1.54, 1.807) is 0 Å². The van der Waals surface area contributed by atoms with Gasteiger partial charge in [-0.1, -0.05) is 0 Å². The average Bonchev–Trinajstić information content (AvgIpc) is 2.14. The molecule has 0 saturated heterocycles. The number of amides is 1. The summed E-state index contributed by atoms with van der Waals surface area (Å²) in [5.74, 6) is 0.235. The van der Waals surface area contributed by atoms with Crippen molar-refractivity contribution in [2.45, 2.75) is 30.9 Å². The summed E-state index contributed by atoms with van der Waals surface area (Å²) in [5, 5.41) is 15.3. The van der Waals surface area contributed by atoms with Crippen molar-refractivity contribution in [2.24, 2.45) is 11.1 Å². The zero-order valence-corrected chi connectivity index (χ0v) is 9.16. The maximum atomic E-state index is 11.0. The molecule has 0 aromatic carbocycles. The Kier molecular flexibility index (Phi) is 3.92. The van der Waals surface area contributed by atoms with Gasteiger partial charge in [0, 0.05) is 6.54 Å². The van der Waals surface area contributed by atoms with E-state index in [0.29, 0.717) is 32.2 Å². The van der Waals surface area contributed by atoms with Crippen LogP contribution in [0.3, 0.4) is 0 Å². The normalized spacial score (nSPS) is 27.3. The smallest absolute Gasteiger partial charge is 0.404 e. The molecule has 4 N–H and O–H groups in total. The highest BCUT2D eigenvalue weighted by Gasteiger charge is 2.28. The van der Waals surface area contributed by atoms with Gasteiger partial charge in [-0.05, 0) is 31.6 Å². The van der Waals surface area contributed by atoms with Crippen LogP contribution in [-0.2, 0) is 10.0 Å². The summed E-state index contributed by atoms with van der Waals surface area (Å²) in [6.45, 7) is 0.396. The molecule has 15 heavy (non-hydrogen) atoms. The van der Waals surface area contributed by atoms with Crippen molar-refractivity contribution < 1.29 is 18.3 Å². The van der Waals surface area contributed by atoms with E-state index >= 15 is 0 Å². The molecule has 0 aromatic heterocycles. The quantitative estimate of drug-likeness (QED) is 0.645. The van der Waals surface area contributed by atoms with Crippen LogP contribution in [0.15, 0.2) is 0 Å². The molecule has 0 atom stereocenters. The number of nitrogens with two attached hydrogens (primary N) is 1. The Morgan fingerprint density at radius 2 is 1.87 bits per heavy atom. The SMILES string of the molecule is NS(=O)(=O)C1CCC(CNC(=O)O)CC1. The molecular weight excluding hydrogens is 220 g/mol. The first-order valence-electron chi connectivity index (χ1n) is 4.88. The van der Waals surface area contributed by atoms with Crippen LogP contribution in [0.25, 0.3) is 0 Å². The lowest BCUT2D eigenvalue weighted by Gasteiger charge is -2.26. The molecule has 6 nitrogen and oxygen atoms in total. The van der Waals surface area contributed by atoms with Crippen molar-refractivity contribution in [2.75, 3.05) is 6.54 Å². The van der Waals surface area contributed by atoms with Crippen LogP contribution in [0.1, 0.15) is 25.7 Å². The Morgan fingerprint density at radius 1 is 1.33 bits per heavy atom. The van der Waals surface area contributed by atoms with Gasteiger partial charge in [-0.15, -0.1) is 0 Å². The molecule has 0 aromatic rings. The van der Waals surface area contributed by atoms with Crippen molar-refractivity contribution >= 4 is 16.1 Å². The first-order valence-corrected chi connectivity index (χ1v) is 6.49. The predicted octanol–water partition coefficient (Wildman–Crippen LogP) is 0.101. The van der Waals surface area contributed by atoms with Gasteiger partial charge in [-0.25, -0.2) is 18.4 Å². The summed E-state index contributed by atoms with van der Waals surface area (Å²) < 4.78 is 22.1. The van der Waals surface area contributed by atoms with Crippen LogP contribution in [-0.4, -0.2) is 31.4 Å². The Hall–Kier alpha value is -0.820. The maximum Gasteiger partial charge on any atom is 0.404 e. The van der Waals surface area contributed by atoms with Gasteiger partial charge in [0.05, 0.1) is 5.25 Å². The van der Waals surface area contributed by atoms with E-state index in [9.17, 15) is 13.2 Å². The van der Waals surface area contributed by atoms with E-state index < -0.39 is 21.4 Å². The molecule has 1 aliphatic rings. The number of hydrogen-bond acceptors (Lipinski definition) is 3. The average molecular weight is 236 g/mol. The van der Waals surface area contributed by atoms with Crippen LogP contribution in [0.5, 0.6) is 0 Å². The van der Waals surface area contributed by atoms with Crippen LogP contribution in [0, 0.1) is 5.92 Å². The lowest BCUT2D eigenvalue weighted by atomic mass is 9.89. The van der Waals surface area contributed by atoms with E-state index in [0.717, 1.165) is 0 Å². The molecule has 1 amide bonds. The standard InChI is InChI=1S/C8H16N2O4S/c9-15(13,14)7-3-1-6(2-4-7)5-10-8(11)12/h6-7,10H,1-5H2,(H,11,12)(H2,9,13,14). The monoisotopic (exact) mass is 236 g/mol. The molecule has 0 bridgehead atoms. The Balaban J connectivity index is 2.33. The van der Waals surface area contributed by atoms with E-state index in [1.165, 1.54) is 0 Å². The Morgan fingerprint density at radius 3 is 2.27 bits per heavy atom. The van der Waals surface area contributed by atoms with Gasteiger partial charge in [-0.2, -0.15) is 0 Å². The topological polar surface area (TPSA) is 109 Å². The minimum atomic E-state index is -3.42. The summed E-state index contributed by atoms with van der Waals surface area (Å²) in [7, 11) is -3.42. The molecule has 1 aliphatic carbocycles. The second-order valence-corrected chi connectivity index (χ2v) is 5.76. The molecule has 1 saturated carbocycles. The van der Waals surface area contributed by atoms with Gasteiger partial charge in [0.1, 0.15) is 0 Å². The van der Waals surface area contributed by atoms with Crippen LogP contribution in [0.4, 0.5) is 4.79 Å². The lowest BCUT2D eigenvalue weighted by Crippen LogP contribution is -2.35.